The van der Waals surface area contributed by atoms with Gasteiger partial charge in [-0.25, -0.2) is 0 Å². The molecule has 0 aromatic heterocycles. The van der Waals surface area contributed by atoms with Crippen molar-refractivity contribution in [3.63, 3.8) is 0 Å². The van der Waals surface area contributed by atoms with Gasteiger partial charge in [-0.15, -0.1) is 11.8 Å². The summed E-state index contributed by atoms with van der Waals surface area (Å²) in [7, 11) is 0. The van der Waals surface area contributed by atoms with Crippen LogP contribution in [-0.2, 0) is 11.2 Å². The van der Waals surface area contributed by atoms with E-state index in [4.69, 9.17) is 0 Å². The smallest absolute Gasteiger partial charge is 0.253 e. The summed E-state index contributed by atoms with van der Waals surface area (Å²) in [6, 6.07) is 18.1. The molecule has 4 rings (SSSR count). The molecule has 6 heteroatoms. The van der Waals surface area contributed by atoms with Crippen LogP contribution in [0.5, 0.6) is 0 Å². The molecule has 0 radical (unpaired) electrons. The fourth-order valence-corrected chi connectivity index (χ4v) is 5.33. The van der Waals surface area contributed by atoms with Crippen molar-refractivity contribution in [1.82, 2.24) is 14.7 Å². The molecule has 2 aromatic carbocycles. The molecule has 5 nitrogen and oxygen atoms in total. The lowest BCUT2D eigenvalue weighted by Gasteiger charge is -2.34. The summed E-state index contributed by atoms with van der Waals surface area (Å²) in [5.74, 6) is 0.810. The molecule has 2 saturated heterocycles. The first-order chi connectivity index (χ1) is 14.7. The van der Waals surface area contributed by atoms with Crippen molar-refractivity contribution in [2.45, 2.75) is 18.7 Å². The zero-order chi connectivity index (χ0) is 20.9. The molecule has 2 aliphatic heterocycles. The minimum absolute atomic E-state index is 0.0264. The molecule has 0 N–H and O–H groups in total. The van der Waals surface area contributed by atoms with Gasteiger partial charge in [0.25, 0.3) is 5.91 Å². The number of rotatable bonds is 6. The lowest BCUT2D eigenvalue weighted by atomic mass is 10.1. The molecule has 0 unspecified atom stereocenters. The van der Waals surface area contributed by atoms with Gasteiger partial charge < -0.3 is 14.7 Å². The largest absolute Gasteiger partial charge is 0.336 e. The van der Waals surface area contributed by atoms with Crippen molar-refractivity contribution >= 4 is 23.6 Å². The molecule has 158 valence electrons. The van der Waals surface area contributed by atoms with Crippen LogP contribution in [0.15, 0.2) is 54.6 Å². The van der Waals surface area contributed by atoms with Crippen LogP contribution < -0.4 is 0 Å². The molecule has 2 fully saturated rings. The minimum atomic E-state index is 0.0264. The summed E-state index contributed by atoms with van der Waals surface area (Å²) in [5, 5.41) is 0.0264. The highest BCUT2D eigenvalue weighted by molar-refractivity contribution is 8.00. The number of thioether (sulfide) groups is 1. The van der Waals surface area contributed by atoms with Crippen LogP contribution >= 0.6 is 11.8 Å². The first-order valence-corrected chi connectivity index (χ1v) is 11.8. The second-order valence-electron chi connectivity index (χ2n) is 7.83. The number of likely N-dealkylation sites (N-methyl/N-ethyl adjacent to an activating group) is 1. The third-order valence-electron chi connectivity index (χ3n) is 6.00. The fourth-order valence-electron chi connectivity index (χ4n) is 4.11. The van der Waals surface area contributed by atoms with Gasteiger partial charge in [-0.05, 0) is 36.2 Å². The van der Waals surface area contributed by atoms with Crippen molar-refractivity contribution in [2.75, 3.05) is 45.0 Å². The standard InChI is InChI=1S/C24H29N3O2S/c1-2-25-14-16-26(17-15-25)23(29)20-8-10-21(11-9-20)24-27(22(28)18-30-24)13-12-19-6-4-3-5-7-19/h3-11,24H,2,12-18H2,1H3/t24-/m0/s1. The Morgan fingerprint density at radius 2 is 1.70 bits per heavy atom. The molecule has 0 bridgehead atoms. The Bertz CT molecular complexity index is 864. The molecule has 0 saturated carbocycles. The van der Waals surface area contributed by atoms with E-state index in [1.165, 1.54) is 5.56 Å². The number of piperazine rings is 1. The predicted molar refractivity (Wildman–Crippen MR) is 122 cm³/mol. The van der Waals surface area contributed by atoms with E-state index in [1.807, 2.05) is 52.3 Å². The van der Waals surface area contributed by atoms with Crippen LogP contribution in [0, 0.1) is 0 Å². The zero-order valence-electron chi connectivity index (χ0n) is 17.5. The number of hydrogen-bond acceptors (Lipinski definition) is 4. The van der Waals surface area contributed by atoms with Gasteiger partial charge in [0.05, 0.1) is 5.75 Å². The number of benzene rings is 2. The Hall–Kier alpha value is -2.31. The number of carbonyl (C=O) groups excluding carboxylic acids is 2. The summed E-state index contributed by atoms with van der Waals surface area (Å²) in [6.07, 6.45) is 0.851. The maximum Gasteiger partial charge on any atom is 0.253 e. The van der Waals surface area contributed by atoms with E-state index in [0.717, 1.165) is 50.3 Å². The van der Waals surface area contributed by atoms with Crippen LogP contribution in [0.2, 0.25) is 0 Å². The summed E-state index contributed by atoms with van der Waals surface area (Å²) < 4.78 is 0. The van der Waals surface area contributed by atoms with Gasteiger partial charge in [0, 0.05) is 38.3 Å². The van der Waals surface area contributed by atoms with E-state index in [9.17, 15) is 9.59 Å². The highest BCUT2D eigenvalue weighted by Crippen LogP contribution is 2.38. The van der Waals surface area contributed by atoms with Crippen LogP contribution in [0.25, 0.3) is 0 Å². The van der Waals surface area contributed by atoms with E-state index in [0.29, 0.717) is 12.3 Å². The summed E-state index contributed by atoms with van der Waals surface area (Å²) >= 11 is 1.67. The SMILES string of the molecule is CCN1CCN(C(=O)c2ccc([C@@H]3SCC(=O)N3CCc3ccccc3)cc2)CC1. The molecule has 1 atom stereocenters. The zero-order valence-corrected chi connectivity index (χ0v) is 18.3. The van der Waals surface area contributed by atoms with Gasteiger partial charge in [0.2, 0.25) is 5.91 Å². The van der Waals surface area contributed by atoms with E-state index in [2.05, 4.69) is 24.0 Å². The number of hydrogen-bond donors (Lipinski definition) is 0. The highest BCUT2D eigenvalue weighted by atomic mass is 32.2. The van der Waals surface area contributed by atoms with Crippen molar-refractivity contribution < 1.29 is 9.59 Å². The fraction of sp³-hybridized carbons (Fsp3) is 0.417. The Morgan fingerprint density at radius 3 is 2.37 bits per heavy atom. The van der Waals surface area contributed by atoms with E-state index < -0.39 is 0 Å². The lowest BCUT2D eigenvalue weighted by molar-refractivity contribution is -0.128. The predicted octanol–water partition coefficient (Wildman–Crippen LogP) is 3.28. The van der Waals surface area contributed by atoms with Gasteiger partial charge >= 0.3 is 0 Å². The second kappa shape index (κ2) is 9.67. The van der Waals surface area contributed by atoms with Gasteiger partial charge in [0.1, 0.15) is 5.37 Å². The Balaban J connectivity index is 1.40. The van der Waals surface area contributed by atoms with Crippen molar-refractivity contribution in [2.24, 2.45) is 0 Å². The maximum absolute atomic E-state index is 12.8. The van der Waals surface area contributed by atoms with Gasteiger partial charge in [0.15, 0.2) is 0 Å². The first kappa shape index (κ1) is 20.9. The van der Waals surface area contributed by atoms with Crippen LogP contribution in [0.1, 0.15) is 33.8 Å². The first-order valence-electron chi connectivity index (χ1n) is 10.7. The van der Waals surface area contributed by atoms with Gasteiger partial charge in [-0.1, -0.05) is 49.4 Å². The monoisotopic (exact) mass is 423 g/mol. The van der Waals surface area contributed by atoms with Crippen molar-refractivity contribution in [3.05, 3.63) is 71.3 Å². The van der Waals surface area contributed by atoms with Crippen LogP contribution in [0.3, 0.4) is 0 Å². The molecule has 2 amide bonds. The van der Waals surface area contributed by atoms with E-state index in [1.54, 1.807) is 11.8 Å². The molecule has 2 heterocycles. The molecular weight excluding hydrogens is 394 g/mol. The molecule has 0 spiro atoms. The summed E-state index contributed by atoms with van der Waals surface area (Å²) in [5.41, 5.74) is 3.06. The van der Waals surface area contributed by atoms with Crippen molar-refractivity contribution in [3.8, 4) is 0 Å². The third kappa shape index (κ3) is 4.71. The van der Waals surface area contributed by atoms with Crippen molar-refractivity contribution in [1.29, 1.82) is 0 Å². The summed E-state index contributed by atoms with van der Waals surface area (Å²) in [4.78, 5) is 31.6. The average Bonchev–Trinajstić information content (AvgIpc) is 3.18. The second-order valence-corrected chi connectivity index (χ2v) is 8.90. The Labute approximate surface area is 183 Å². The normalized spacial score (nSPS) is 20.0. The average molecular weight is 424 g/mol. The van der Waals surface area contributed by atoms with Crippen LogP contribution in [-0.4, -0.2) is 71.5 Å². The maximum atomic E-state index is 12.8. The Kier molecular flexibility index (Phi) is 6.75. The number of carbonyl (C=O) groups is 2. The Morgan fingerprint density at radius 1 is 1.00 bits per heavy atom. The number of amides is 2. The topological polar surface area (TPSA) is 43.9 Å². The number of nitrogens with zero attached hydrogens (tertiary/aromatic N) is 3. The quantitative estimate of drug-likeness (QED) is 0.715. The lowest BCUT2D eigenvalue weighted by Crippen LogP contribution is -2.48. The summed E-state index contributed by atoms with van der Waals surface area (Å²) in [6.45, 7) is 7.36. The van der Waals surface area contributed by atoms with E-state index in [-0.39, 0.29) is 17.2 Å². The minimum Gasteiger partial charge on any atom is -0.336 e. The molecule has 30 heavy (non-hydrogen) atoms. The molecule has 2 aliphatic rings. The van der Waals surface area contributed by atoms with Crippen LogP contribution in [0.4, 0.5) is 0 Å². The third-order valence-corrected chi connectivity index (χ3v) is 7.26. The van der Waals surface area contributed by atoms with Gasteiger partial charge in [-0.2, -0.15) is 0 Å². The molecular formula is C24H29N3O2S. The highest BCUT2D eigenvalue weighted by Gasteiger charge is 2.32. The van der Waals surface area contributed by atoms with Gasteiger partial charge in [-0.3, -0.25) is 9.59 Å². The van der Waals surface area contributed by atoms with E-state index >= 15 is 0 Å². The molecule has 0 aliphatic carbocycles. The molecule has 2 aromatic rings.